The van der Waals surface area contributed by atoms with Gasteiger partial charge in [0.1, 0.15) is 11.2 Å². The number of anilines is 3. The van der Waals surface area contributed by atoms with Gasteiger partial charge >= 0.3 is 0 Å². The molecule has 0 aliphatic heterocycles. The quantitative estimate of drug-likeness (QED) is 0.149. The molecule has 0 amide bonds. The SMILES string of the molecule is c1ccc(-c2ccc(-c3ccc(N(c4ccc5c(c4)c4ccccc4n5-c4ccccc4)c4ccc(-c5cc6ccccc6c6ccccc56)c5oc6ccccc6c45)cc3)cc2)cc1. The summed E-state index contributed by atoms with van der Waals surface area (Å²) in [7, 11) is 0. The standard InChI is InChI=1S/C62H40N2O/c1-3-15-41(16-4-1)42-27-29-43(30-28-42)44-31-33-47(34-32-44)63(48-35-37-58-56(40-48)52-23-11-13-25-57(52)64(58)46-18-5-2-6-19-46)59-38-36-53(62-61(59)54-24-12-14-26-60(54)65-62)55-39-45-17-7-8-20-49(45)50-21-9-10-22-51(50)55/h1-40H. The summed E-state index contributed by atoms with van der Waals surface area (Å²) in [6.45, 7) is 0. The van der Waals surface area contributed by atoms with Gasteiger partial charge in [-0.15, -0.1) is 0 Å². The zero-order chi connectivity index (χ0) is 42.8. The molecule has 304 valence electrons. The average Bonchev–Trinajstić information content (AvgIpc) is 3.94. The normalized spacial score (nSPS) is 11.7. The van der Waals surface area contributed by atoms with Gasteiger partial charge in [0.25, 0.3) is 0 Å². The molecule has 0 spiro atoms. The molecule has 0 fully saturated rings. The minimum Gasteiger partial charge on any atom is -0.455 e. The predicted octanol–water partition coefficient (Wildman–Crippen LogP) is 17.5. The molecule has 0 N–H and O–H groups in total. The van der Waals surface area contributed by atoms with Gasteiger partial charge in [-0.3, -0.25) is 0 Å². The van der Waals surface area contributed by atoms with Crippen LogP contribution in [0.4, 0.5) is 17.1 Å². The van der Waals surface area contributed by atoms with Crippen LogP contribution in [0, 0.1) is 0 Å². The number of nitrogens with zero attached hydrogens (tertiary/aromatic N) is 2. The first-order valence-corrected chi connectivity index (χ1v) is 22.2. The lowest BCUT2D eigenvalue weighted by atomic mass is 9.92. The third kappa shape index (κ3) is 6.05. The first-order valence-electron chi connectivity index (χ1n) is 22.2. The van der Waals surface area contributed by atoms with Crippen LogP contribution >= 0.6 is 0 Å². The van der Waals surface area contributed by atoms with Crippen molar-refractivity contribution < 1.29 is 4.42 Å². The first kappa shape index (κ1) is 36.9. The van der Waals surface area contributed by atoms with Crippen LogP contribution in [0.15, 0.2) is 247 Å². The number of fused-ring (bicyclic) bond motifs is 9. The summed E-state index contributed by atoms with van der Waals surface area (Å²) in [5, 5.41) is 9.42. The van der Waals surface area contributed by atoms with Crippen molar-refractivity contribution in [1.82, 2.24) is 4.57 Å². The summed E-state index contributed by atoms with van der Waals surface area (Å²) in [5.41, 5.74) is 15.3. The Morgan fingerprint density at radius 1 is 0.338 bits per heavy atom. The van der Waals surface area contributed by atoms with Crippen molar-refractivity contribution in [3.63, 3.8) is 0 Å². The van der Waals surface area contributed by atoms with E-state index >= 15 is 0 Å². The van der Waals surface area contributed by atoms with Gasteiger partial charge in [-0.05, 0) is 122 Å². The second-order valence-corrected chi connectivity index (χ2v) is 16.8. The van der Waals surface area contributed by atoms with E-state index in [1.54, 1.807) is 0 Å². The molecule has 3 nitrogen and oxygen atoms in total. The number of furan rings is 1. The van der Waals surface area contributed by atoms with Crippen molar-refractivity contribution >= 4 is 82.4 Å². The number of hydrogen-bond donors (Lipinski definition) is 0. The van der Waals surface area contributed by atoms with Gasteiger partial charge in [0.2, 0.25) is 0 Å². The number of hydrogen-bond acceptors (Lipinski definition) is 2. The van der Waals surface area contributed by atoms with E-state index in [0.717, 1.165) is 66.9 Å². The predicted molar refractivity (Wildman–Crippen MR) is 274 cm³/mol. The average molecular weight is 829 g/mol. The summed E-state index contributed by atoms with van der Waals surface area (Å²) < 4.78 is 9.41. The zero-order valence-corrected chi connectivity index (χ0v) is 35.4. The molecule has 0 bridgehead atoms. The van der Waals surface area contributed by atoms with Crippen LogP contribution < -0.4 is 4.90 Å². The Kier molecular flexibility index (Phi) is 8.53. The van der Waals surface area contributed by atoms with Gasteiger partial charge < -0.3 is 13.9 Å². The van der Waals surface area contributed by atoms with Crippen LogP contribution in [0.2, 0.25) is 0 Å². The molecule has 0 atom stereocenters. The van der Waals surface area contributed by atoms with Crippen LogP contribution in [0.3, 0.4) is 0 Å². The maximum absolute atomic E-state index is 7.03. The lowest BCUT2D eigenvalue weighted by molar-refractivity contribution is 0.670. The number of aromatic nitrogens is 1. The molecule has 2 heterocycles. The topological polar surface area (TPSA) is 21.3 Å². The molecule has 13 aromatic rings. The lowest BCUT2D eigenvalue weighted by Crippen LogP contribution is -2.10. The molecular weight excluding hydrogens is 789 g/mol. The van der Waals surface area contributed by atoms with Gasteiger partial charge in [-0.2, -0.15) is 0 Å². The Morgan fingerprint density at radius 3 is 1.65 bits per heavy atom. The Labute approximate surface area is 376 Å². The highest BCUT2D eigenvalue weighted by molar-refractivity contribution is 6.21. The van der Waals surface area contributed by atoms with E-state index in [9.17, 15) is 0 Å². The van der Waals surface area contributed by atoms with Gasteiger partial charge in [-0.1, -0.05) is 170 Å². The third-order valence-corrected chi connectivity index (χ3v) is 13.2. The van der Waals surface area contributed by atoms with E-state index in [1.807, 2.05) is 0 Å². The van der Waals surface area contributed by atoms with E-state index in [0.29, 0.717) is 0 Å². The van der Waals surface area contributed by atoms with Gasteiger partial charge in [0, 0.05) is 38.8 Å². The van der Waals surface area contributed by atoms with E-state index in [4.69, 9.17) is 4.42 Å². The van der Waals surface area contributed by atoms with E-state index in [2.05, 4.69) is 252 Å². The Bertz CT molecular complexity index is 3920. The minimum absolute atomic E-state index is 0.858. The Hall–Kier alpha value is -8.66. The van der Waals surface area contributed by atoms with Crippen molar-refractivity contribution in [2.45, 2.75) is 0 Å². The van der Waals surface area contributed by atoms with Crippen LogP contribution in [0.25, 0.3) is 104 Å². The third-order valence-electron chi connectivity index (χ3n) is 13.2. The van der Waals surface area contributed by atoms with E-state index in [-0.39, 0.29) is 0 Å². The molecule has 0 aliphatic carbocycles. The van der Waals surface area contributed by atoms with Crippen LogP contribution in [0.1, 0.15) is 0 Å². The molecule has 0 aliphatic rings. The van der Waals surface area contributed by atoms with Crippen LogP contribution in [-0.2, 0) is 0 Å². The van der Waals surface area contributed by atoms with Gasteiger partial charge in [0.05, 0.1) is 22.1 Å². The highest BCUT2D eigenvalue weighted by atomic mass is 16.3. The number of rotatable bonds is 7. The monoisotopic (exact) mass is 828 g/mol. The van der Waals surface area contributed by atoms with Crippen LogP contribution in [0.5, 0.6) is 0 Å². The maximum atomic E-state index is 7.03. The largest absolute Gasteiger partial charge is 0.455 e. The smallest absolute Gasteiger partial charge is 0.145 e. The summed E-state index contributed by atoms with van der Waals surface area (Å²) in [4.78, 5) is 2.42. The number of para-hydroxylation sites is 3. The second-order valence-electron chi connectivity index (χ2n) is 16.8. The zero-order valence-electron chi connectivity index (χ0n) is 35.4. The fourth-order valence-electron chi connectivity index (χ4n) is 10.2. The van der Waals surface area contributed by atoms with Crippen molar-refractivity contribution in [3.8, 4) is 39.1 Å². The molecule has 3 heteroatoms. The molecule has 0 unspecified atom stereocenters. The molecule has 0 saturated heterocycles. The van der Waals surface area contributed by atoms with Crippen molar-refractivity contribution in [2.24, 2.45) is 0 Å². The molecule has 0 radical (unpaired) electrons. The first-order chi connectivity index (χ1) is 32.2. The van der Waals surface area contributed by atoms with Gasteiger partial charge in [-0.25, -0.2) is 0 Å². The minimum atomic E-state index is 0.858. The van der Waals surface area contributed by atoms with Gasteiger partial charge in [0.15, 0.2) is 0 Å². The van der Waals surface area contributed by atoms with E-state index < -0.39 is 0 Å². The molecule has 65 heavy (non-hydrogen) atoms. The van der Waals surface area contributed by atoms with Crippen molar-refractivity contribution in [3.05, 3.63) is 243 Å². The fraction of sp³-hybridized carbons (Fsp3) is 0. The van der Waals surface area contributed by atoms with Crippen molar-refractivity contribution in [2.75, 3.05) is 4.90 Å². The molecule has 0 saturated carbocycles. The highest BCUT2D eigenvalue weighted by Gasteiger charge is 2.24. The molecule has 13 rings (SSSR count). The number of benzene rings is 11. The highest BCUT2D eigenvalue weighted by Crippen LogP contribution is 2.49. The van der Waals surface area contributed by atoms with E-state index in [1.165, 1.54) is 54.5 Å². The van der Waals surface area contributed by atoms with Crippen LogP contribution in [-0.4, -0.2) is 4.57 Å². The molecular formula is C62H40N2O. The Balaban J connectivity index is 1.04. The molecule has 11 aromatic carbocycles. The molecule has 2 aromatic heterocycles. The van der Waals surface area contributed by atoms with Crippen molar-refractivity contribution in [1.29, 1.82) is 0 Å². The second kappa shape index (κ2) is 15.0. The summed E-state index contributed by atoms with van der Waals surface area (Å²) >= 11 is 0. The maximum Gasteiger partial charge on any atom is 0.145 e. The summed E-state index contributed by atoms with van der Waals surface area (Å²) in [6, 6.07) is 87.6. The Morgan fingerprint density at radius 2 is 0.892 bits per heavy atom. The summed E-state index contributed by atoms with van der Waals surface area (Å²) in [5.74, 6) is 0. The lowest BCUT2D eigenvalue weighted by Gasteiger charge is -2.27. The summed E-state index contributed by atoms with van der Waals surface area (Å²) in [6.07, 6.45) is 0. The fourth-order valence-corrected chi connectivity index (χ4v) is 10.2.